The summed E-state index contributed by atoms with van der Waals surface area (Å²) in [5.41, 5.74) is 1.52. The van der Waals surface area contributed by atoms with Gasteiger partial charge in [0.15, 0.2) is 0 Å². The molecule has 0 atom stereocenters. The first-order valence-corrected chi connectivity index (χ1v) is 9.37. The number of halogens is 1. The predicted octanol–water partition coefficient (Wildman–Crippen LogP) is 4.33. The van der Waals surface area contributed by atoms with E-state index in [0.29, 0.717) is 17.8 Å². The van der Waals surface area contributed by atoms with E-state index in [-0.39, 0.29) is 17.8 Å². The number of carbonyl (C=O) groups is 2. The quantitative estimate of drug-likeness (QED) is 0.652. The van der Waals surface area contributed by atoms with Crippen molar-refractivity contribution in [1.29, 1.82) is 0 Å². The largest absolute Gasteiger partial charge is 0.349 e. The maximum atomic E-state index is 13.3. The van der Waals surface area contributed by atoms with Crippen LogP contribution in [0.3, 0.4) is 0 Å². The minimum absolute atomic E-state index is 0.197. The Morgan fingerprint density at radius 1 is 1.04 bits per heavy atom. The molecular weight excluding hydrogens is 357 g/mol. The second-order valence-electron chi connectivity index (χ2n) is 6.95. The molecule has 0 unspecified atom stereocenters. The fraction of sp³-hybridized carbons (Fsp3) is 0.273. The van der Waals surface area contributed by atoms with Gasteiger partial charge in [-0.2, -0.15) is 0 Å². The van der Waals surface area contributed by atoms with E-state index >= 15 is 0 Å². The van der Waals surface area contributed by atoms with Gasteiger partial charge >= 0.3 is 6.03 Å². The Bertz CT molecular complexity index is 841. The standard InChI is InChI=1S/C22H24FN3O2/c1-2-15-24-20(27)16-5-11-19(12-6-16)25-21(28)26-22(13-3-4-14-22)17-7-9-18(23)10-8-17/h2,5-12H,1,3-4,13-15H2,(H,24,27)(H2,25,26,28). The van der Waals surface area contributed by atoms with Crippen molar-refractivity contribution < 1.29 is 14.0 Å². The number of hydrogen-bond donors (Lipinski definition) is 3. The zero-order valence-corrected chi connectivity index (χ0v) is 15.6. The van der Waals surface area contributed by atoms with Crippen LogP contribution in [0.2, 0.25) is 0 Å². The molecule has 1 saturated carbocycles. The predicted molar refractivity (Wildman–Crippen MR) is 108 cm³/mol. The summed E-state index contributed by atoms with van der Waals surface area (Å²) in [4.78, 5) is 24.5. The van der Waals surface area contributed by atoms with Gasteiger partial charge in [0.05, 0.1) is 5.54 Å². The minimum Gasteiger partial charge on any atom is -0.349 e. The van der Waals surface area contributed by atoms with Gasteiger partial charge < -0.3 is 16.0 Å². The lowest BCUT2D eigenvalue weighted by molar-refractivity contribution is 0.0958. The Morgan fingerprint density at radius 2 is 1.68 bits per heavy atom. The van der Waals surface area contributed by atoms with Crippen molar-refractivity contribution in [3.63, 3.8) is 0 Å². The highest BCUT2D eigenvalue weighted by Crippen LogP contribution is 2.38. The highest BCUT2D eigenvalue weighted by atomic mass is 19.1. The third-order valence-corrected chi connectivity index (χ3v) is 5.02. The molecule has 1 fully saturated rings. The Kier molecular flexibility index (Phi) is 6.09. The number of amides is 3. The molecule has 28 heavy (non-hydrogen) atoms. The van der Waals surface area contributed by atoms with Gasteiger partial charge in [0.1, 0.15) is 5.82 Å². The van der Waals surface area contributed by atoms with Crippen LogP contribution in [0.4, 0.5) is 14.9 Å². The molecule has 146 valence electrons. The number of anilines is 1. The average Bonchev–Trinajstić information content (AvgIpc) is 3.16. The number of benzene rings is 2. The number of hydrogen-bond acceptors (Lipinski definition) is 2. The molecule has 1 aliphatic carbocycles. The van der Waals surface area contributed by atoms with Crippen molar-refractivity contribution in [2.45, 2.75) is 31.2 Å². The zero-order chi connectivity index (χ0) is 20.0. The van der Waals surface area contributed by atoms with Crippen LogP contribution in [0, 0.1) is 5.82 Å². The van der Waals surface area contributed by atoms with E-state index in [9.17, 15) is 14.0 Å². The van der Waals surface area contributed by atoms with Crippen molar-refractivity contribution in [3.8, 4) is 0 Å². The molecule has 0 bridgehead atoms. The van der Waals surface area contributed by atoms with Gasteiger partial charge in [0.2, 0.25) is 0 Å². The van der Waals surface area contributed by atoms with Gasteiger partial charge in [0, 0.05) is 17.8 Å². The maximum absolute atomic E-state index is 13.3. The minimum atomic E-state index is -0.484. The zero-order valence-electron chi connectivity index (χ0n) is 15.6. The molecule has 3 rings (SSSR count). The first kappa shape index (κ1) is 19.6. The Balaban J connectivity index is 1.66. The van der Waals surface area contributed by atoms with Crippen LogP contribution in [0.25, 0.3) is 0 Å². The molecule has 0 radical (unpaired) electrons. The van der Waals surface area contributed by atoms with Crippen LogP contribution in [0.15, 0.2) is 61.2 Å². The number of nitrogens with one attached hydrogen (secondary N) is 3. The molecule has 5 nitrogen and oxygen atoms in total. The van der Waals surface area contributed by atoms with Gasteiger partial charge in [-0.1, -0.05) is 31.1 Å². The summed E-state index contributed by atoms with van der Waals surface area (Å²) < 4.78 is 13.3. The topological polar surface area (TPSA) is 70.2 Å². The van der Waals surface area contributed by atoms with Crippen molar-refractivity contribution in [1.82, 2.24) is 10.6 Å². The van der Waals surface area contributed by atoms with Gasteiger partial charge in [-0.05, 0) is 54.8 Å². The monoisotopic (exact) mass is 381 g/mol. The second-order valence-corrected chi connectivity index (χ2v) is 6.95. The summed E-state index contributed by atoms with van der Waals surface area (Å²) in [6, 6.07) is 12.7. The summed E-state index contributed by atoms with van der Waals surface area (Å²) in [7, 11) is 0. The fourth-order valence-electron chi connectivity index (χ4n) is 3.58. The summed E-state index contributed by atoms with van der Waals surface area (Å²) in [6.45, 7) is 3.95. The SMILES string of the molecule is C=CCNC(=O)c1ccc(NC(=O)NC2(c3ccc(F)cc3)CCCC2)cc1. The van der Waals surface area contributed by atoms with E-state index in [1.165, 1.54) is 12.1 Å². The van der Waals surface area contributed by atoms with Crippen LogP contribution in [0.1, 0.15) is 41.6 Å². The first-order chi connectivity index (χ1) is 13.5. The molecule has 6 heteroatoms. The molecule has 1 aliphatic rings. The second kappa shape index (κ2) is 8.69. The molecule has 3 amide bonds. The highest BCUT2D eigenvalue weighted by molar-refractivity contribution is 5.95. The molecule has 2 aromatic carbocycles. The van der Waals surface area contributed by atoms with Crippen LogP contribution in [-0.4, -0.2) is 18.5 Å². The fourth-order valence-corrected chi connectivity index (χ4v) is 3.58. The molecule has 2 aromatic rings. The average molecular weight is 381 g/mol. The Morgan fingerprint density at radius 3 is 2.29 bits per heavy atom. The molecular formula is C22H24FN3O2. The van der Waals surface area contributed by atoms with Crippen molar-refractivity contribution in [3.05, 3.63) is 78.1 Å². The Hall–Kier alpha value is -3.15. The van der Waals surface area contributed by atoms with Crippen LogP contribution < -0.4 is 16.0 Å². The first-order valence-electron chi connectivity index (χ1n) is 9.37. The van der Waals surface area contributed by atoms with E-state index < -0.39 is 5.54 Å². The van der Waals surface area contributed by atoms with E-state index in [4.69, 9.17) is 0 Å². The lowest BCUT2D eigenvalue weighted by Crippen LogP contribution is -2.45. The van der Waals surface area contributed by atoms with Crippen LogP contribution in [-0.2, 0) is 5.54 Å². The number of urea groups is 1. The van der Waals surface area contributed by atoms with E-state index in [1.807, 2.05) is 0 Å². The van der Waals surface area contributed by atoms with Gasteiger partial charge in [-0.25, -0.2) is 9.18 Å². The van der Waals surface area contributed by atoms with Crippen molar-refractivity contribution in [2.75, 3.05) is 11.9 Å². The summed E-state index contributed by atoms with van der Waals surface area (Å²) in [5, 5.41) is 8.59. The van der Waals surface area contributed by atoms with E-state index in [0.717, 1.165) is 31.2 Å². The Labute approximate surface area is 164 Å². The summed E-state index contributed by atoms with van der Waals surface area (Å²) >= 11 is 0. The third-order valence-electron chi connectivity index (χ3n) is 5.02. The third kappa shape index (κ3) is 4.57. The molecule has 0 aromatic heterocycles. The van der Waals surface area contributed by atoms with Crippen LogP contribution in [0.5, 0.6) is 0 Å². The normalized spacial score (nSPS) is 14.9. The lowest BCUT2D eigenvalue weighted by atomic mass is 9.88. The summed E-state index contributed by atoms with van der Waals surface area (Å²) in [5.74, 6) is -0.490. The summed E-state index contributed by atoms with van der Waals surface area (Å²) in [6.07, 6.45) is 5.25. The van der Waals surface area contributed by atoms with E-state index in [2.05, 4.69) is 22.5 Å². The molecule has 0 spiro atoms. The molecule has 3 N–H and O–H groups in total. The van der Waals surface area contributed by atoms with Gasteiger partial charge in [-0.15, -0.1) is 6.58 Å². The molecule has 0 aliphatic heterocycles. The van der Waals surface area contributed by atoms with Crippen molar-refractivity contribution >= 4 is 17.6 Å². The van der Waals surface area contributed by atoms with E-state index in [1.54, 1.807) is 42.5 Å². The molecule has 0 saturated heterocycles. The smallest absolute Gasteiger partial charge is 0.319 e. The van der Waals surface area contributed by atoms with Crippen molar-refractivity contribution in [2.24, 2.45) is 0 Å². The molecule has 0 heterocycles. The highest BCUT2D eigenvalue weighted by Gasteiger charge is 2.37. The maximum Gasteiger partial charge on any atom is 0.319 e. The van der Waals surface area contributed by atoms with Crippen LogP contribution >= 0.6 is 0 Å². The van der Waals surface area contributed by atoms with Gasteiger partial charge in [0.25, 0.3) is 5.91 Å². The van der Waals surface area contributed by atoms with Gasteiger partial charge in [-0.3, -0.25) is 4.79 Å². The number of rotatable bonds is 6. The lowest BCUT2D eigenvalue weighted by Gasteiger charge is -2.31. The number of carbonyl (C=O) groups excluding carboxylic acids is 2.